The molecule has 2 aromatic carbocycles. The van der Waals surface area contributed by atoms with Gasteiger partial charge >= 0.3 is 0 Å². The van der Waals surface area contributed by atoms with Crippen molar-refractivity contribution in [1.82, 2.24) is 20.3 Å². The summed E-state index contributed by atoms with van der Waals surface area (Å²) >= 11 is 0. The first-order chi connectivity index (χ1) is 11.6. The Hall–Kier alpha value is -2.95. The molecule has 1 atom stereocenters. The fourth-order valence-corrected chi connectivity index (χ4v) is 2.56. The third kappa shape index (κ3) is 3.51. The molecular weight excluding hydrogens is 300 g/mol. The van der Waals surface area contributed by atoms with E-state index < -0.39 is 0 Å². The van der Waals surface area contributed by atoms with Crippen LogP contribution in [0.15, 0.2) is 66.9 Å². The van der Waals surface area contributed by atoms with Gasteiger partial charge in [-0.3, -0.25) is 4.79 Å². The largest absolute Gasteiger partial charge is 0.344 e. The quantitative estimate of drug-likeness (QED) is 0.784. The van der Waals surface area contributed by atoms with Gasteiger partial charge in [0.25, 0.3) is 5.91 Å². The van der Waals surface area contributed by atoms with Gasteiger partial charge in [-0.05, 0) is 23.6 Å². The molecule has 0 aliphatic rings. The summed E-state index contributed by atoms with van der Waals surface area (Å²) in [5.74, 6) is 0.0419. The lowest BCUT2D eigenvalue weighted by molar-refractivity contribution is 0.0920. The highest BCUT2D eigenvalue weighted by molar-refractivity contribution is 5.92. The molecule has 0 bridgehead atoms. The van der Waals surface area contributed by atoms with E-state index in [1.54, 1.807) is 0 Å². The monoisotopic (exact) mass is 320 g/mol. The molecule has 0 saturated carbocycles. The van der Waals surface area contributed by atoms with Crippen LogP contribution in [0.25, 0.3) is 5.69 Å². The van der Waals surface area contributed by atoms with Crippen LogP contribution in [-0.4, -0.2) is 20.9 Å². The highest BCUT2D eigenvalue weighted by Gasteiger charge is 2.20. The summed E-state index contributed by atoms with van der Waals surface area (Å²) in [6.45, 7) is 4.16. The minimum Gasteiger partial charge on any atom is -0.344 e. The van der Waals surface area contributed by atoms with Crippen molar-refractivity contribution in [2.24, 2.45) is 5.92 Å². The molecule has 0 radical (unpaired) electrons. The van der Waals surface area contributed by atoms with Gasteiger partial charge in [-0.15, -0.1) is 5.10 Å². The molecular formula is C19H20N4O. The zero-order valence-corrected chi connectivity index (χ0v) is 13.8. The summed E-state index contributed by atoms with van der Waals surface area (Å²) in [7, 11) is 0. The van der Waals surface area contributed by atoms with Gasteiger partial charge in [-0.1, -0.05) is 62.4 Å². The Bertz CT molecular complexity index is 797. The molecule has 1 amide bonds. The number of aromatic nitrogens is 3. The highest BCUT2D eigenvalue weighted by Crippen LogP contribution is 2.21. The van der Waals surface area contributed by atoms with Gasteiger partial charge in [0, 0.05) is 0 Å². The fourth-order valence-electron chi connectivity index (χ4n) is 2.56. The number of nitrogens with zero attached hydrogens (tertiary/aromatic N) is 3. The maximum absolute atomic E-state index is 12.6. The normalized spacial score (nSPS) is 12.1. The van der Waals surface area contributed by atoms with Crippen molar-refractivity contribution in [3.63, 3.8) is 0 Å². The van der Waals surface area contributed by atoms with Crippen LogP contribution in [0.5, 0.6) is 0 Å². The van der Waals surface area contributed by atoms with Crippen molar-refractivity contribution in [2.75, 3.05) is 0 Å². The molecule has 122 valence electrons. The first kappa shape index (κ1) is 15.9. The van der Waals surface area contributed by atoms with E-state index in [2.05, 4.69) is 29.4 Å². The van der Waals surface area contributed by atoms with Gasteiger partial charge in [-0.25, -0.2) is 0 Å². The fraction of sp³-hybridized carbons (Fsp3) is 0.211. The molecule has 1 N–H and O–H groups in total. The van der Waals surface area contributed by atoms with Crippen LogP contribution in [0, 0.1) is 5.92 Å². The zero-order chi connectivity index (χ0) is 16.9. The minimum absolute atomic E-state index is 0.0689. The maximum atomic E-state index is 12.6. The van der Waals surface area contributed by atoms with E-state index in [1.165, 1.54) is 11.0 Å². The van der Waals surface area contributed by atoms with Crippen molar-refractivity contribution in [3.05, 3.63) is 78.1 Å². The molecule has 0 fully saturated rings. The van der Waals surface area contributed by atoms with E-state index >= 15 is 0 Å². The van der Waals surface area contributed by atoms with Gasteiger partial charge in [0.05, 0.1) is 17.9 Å². The van der Waals surface area contributed by atoms with Gasteiger partial charge < -0.3 is 5.32 Å². The molecule has 0 aliphatic carbocycles. The lowest BCUT2D eigenvalue weighted by atomic mass is 9.96. The van der Waals surface area contributed by atoms with Crippen LogP contribution in [0.4, 0.5) is 0 Å². The first-order valence-electron chi connectivity index (χ1n) is 7.98. The SMILES string of the molecule is CC(C)C(NC(=O)c1cnn(-c2ccccc2)n1)c1ccccc1. The van der Waals surface area contributed by atoms with E-state index in [4.69, 9.17) is 0 Å². The van der Waals surface area contributed by atoms with Crippen molar-refractivity contribution >= 4 is 5.91 Å². The van der Waals surface area contributed by atoms with Crippen LogP contribution < -0.4 is 5.32 Å². The second-order valence-corrected chi connectivity index (χ2v) is 5.96. The van der Waals surface area contributed by atoms with Gasteiger partial charge in [-0.2, -0.15) is 9.90 Å². The predicted octanol–water partition coefficient (Wildman–Crippen LogP) is 3.39. The molecule has 3 aromatic rings. The van der Waals surface area contributed by atoms with Gasteiger partial charge in [0.1, 0.15) is 0 Å². The van der Waals surface area contributed by atoms with E-state index in [9.17, 15) is 4.79 Å². The number of hydrogen-bond acceptors (Lipinski definition) is 3. The van der Waals surface area contributed by atoms with Crippen LogP contribution in [0.1, 0.15) is 35.9 Å². The van der Waals surface area contributed by atoms with Crippen LogP contribution in [-0.2, 0) is 0 Å². The van der Waals surface area contributed by atoms with E-state index in [0.29, 0.717) is 5.69 Å². The van der Waals surface area contributed by atoms with Crippen molar-refractivity contribution < 1.29 is 4.79 Å². The summed E-state index contributed by atoms with van der Waals surface area (Å²) in [5.41, 5.74) is 2.21. The number of rotatable bonds is 5. The van der Waals surface area contributed by atoms with Gasteiger partial charge in [0.2, 0.25) is 0 Å². The summed E-state index contributed by atoms with van der Waals surface area (Å²) in [5, 5.41) is 11.5. The molecule has 0 saturated heterocycles. The van der Waals surface area contributed by atoms with Gasteiger partial charge in [0.15, 0.2) is 5.69 Å². The summed E-state index contributed by atoms with van der Waals surface area (Å²) < 4.78 is 0. The maximum Gasteiger partial charge on any atom is 0.273 e. The topological polar surface area (TPSA) is 59.8 Å². The number of benzene rings is 2. The molecule has 1 heterocycles. The Morgan fingerprint density at radius 1 is 1.00 bits per heavy atom. The molecule has 1 aromatic heterocycles. The smallest absolute Gasteiger partial charge is 0.273 e. The lowest BCUT2D eigenvalue weighted by Crippen LogP contribution is -2.32. The number of nitrogens with one attached hydrogen (secondary N) is 1. The summed E-state index contributed by atoms with van der Waals surface area (Å²) in [6.07, 6.45) is 1.49. The number of carbonyl (C=O) groups excluding carboxylic acids is 1. The zero-order valence-electron chi connectivity index (χ0n) is 13.8. The Balaban J connectivity index is 1.78. The number of amides is 1. The average molecular weight is 320 g/mol. The van der Waals surface area contributed by atoms with E-state index in [1.807, 2.05) is 60.7 Å². The Kier molecular flexibility index (Phi) is 4.70. The van der Waals surface area contributed by atoms with Crippen LogP contribution in [0.2, 0.25) is 0 Å². The molecule has 3 rings (SSSR count). The second-order valence-electron chi connectivity index (χ2n) is 5.96. The Morgan fingerprint density at radius 2 is 1.62 bits per heavy atom. The average Bonchev–Trinajstić information content (AvgIpc) is 3.11. The second kappa shape index (κ2) is 7.08. The third-order valence-corrected chi connectivity index (χ3v) is 3.82. The molecule has 5 heteroatoms. The minimum atomic E-state index is -0.222. The Labute approximate surface area is 141 Å². The number of carbonyl (C=O) groups is 1. The summed E-state index contributed by atoms with van der Waals surface area (Å²) in [4.78, 5) is 14.0. The molecule has 1 unspecified atom stereocenters. The summed E-state index contributed by atoms with van der Waals surface area (Å²) in [6, 6.07) is 19.4. The van der Waals surface area contributed by atoms with Crippen LogP contribution in [0.3, 0.4) is 0 Å². The van der Waals surface area contributed by atoms with Crippen molar-refractivity contribution in [2.45, 2.75) is 19.9 Å². The standard InChI is InChI=1S/C19H20N4O/c1-14(2)18(15-9-5-3-6-10-15)21-19(24)17-13-20-23(22-17)16-11-7-4-8-12-16/h3-14,18H,1-2H3,(H,21,24). The molecule has 0 aliphatic heterocycles. The predicted molar refractivity (Wildman–Crippen MR) is 92.8 cm³/mol. The molecule has 24 heavy (non-hydrogen) atoms. The molecule has 0 spiro atoms. The number of para-hydroxylation sites is 1. The first-order valence-corrected chi connectivity index (χ1v) is 7.98. The van der Waals surface area contributed by atoms with Crippen molar-refractivity contribution in [3.8, 4) is 5.69 Å². The Morgan fingerprint density at radius 3 is 2.25 bits per heavy atom. The third-order valence-electron chi connectivity index (χ3n) is 3.82. The lowest BCUT2D eigenvalue weighted by Gasteiger charge is -2.22. The van der Waals surface area contributed by atoms with Crippen molar-refractivity contribution in [1.29, 1.82) is 0 Å². The van der Waals surface area contributed by atoms with E-state index in [0.717, 1.165) is 11.3 Å². The van der Waals surface area contributed by atoms with E-state index in [-0.39, 0.29) is 17.9 Å². The highest BCUT2D eigenvalue weighted by atomic mass is 16.2. The molecule has 5 nitrogen and oxygen atoms in total. The number of hydrogen-bond donors (Lipinski definition) is 1. The van der Waals surface area contributed by atoms with Crippen LogP contribution >= 0.6 is 0 Å².